The highest BCUT2D eigenvalue weighted by Crippen LogP contribution is 2.18. The van der Waals surface area contributed by atoms with Gasteiger partial charge in [-0.05, 0) is 67.7 Å². The second-order valence-corrected chi connectivity index (χ2v) is 8.86. The predicted molar refractivity (Wildman–Crippen MR) is 128 cm³/mol. The van der Waals surface area contributed by atoms with Gasteiger partial charge in [0.1, 0.15) is 11.5 Å². The maximum atomic E-state index is 12.0. The summed E-state index contributed by atoms with van der Waals surface area (Å²) in [6.45, 7) is 4.63. The summed E-state index contributed by atoms with van der Waals surface area (Å²) in [7, 11) is 1.66. The molecule has 6 heteroatoms. The number of carbonyl (C=O) groups excluding carboxylic acids is 1. The first kappa shape index (κ1) is 23.5. The molecule has 1 amide bonds. The van der Waals surface area contributed by atoms with E-state index < -0.39 is 0 Å². The summed E-state index contributed by atoms with van der Waals surface area (Å²) >= 11 is 1.62. The molecule has 0 spiro atoms. The first-order valence-electron chi connectivity index (χ1n) is 11.1. The van der Waals surface area contributed by atoms with E-state index in [1.165, 1.54) is 43.5 Å². The van der Waals surface area contributed by atoms with Gasteiger partial charge in [0.25, 0.3) is 0 Å². The van der Waals surface area contributed by atoms with E-state index >= 15 is 0 Å². The van der Waals surface area contributed by atoms with Gasteiger partial charge < -0.3 is 14.8 Å². The second kappa shape index (κ2) is 13.3. The lowest BCUT2D eigenvalue weighted by atomic mass is 10.1. The van der Waals surface area contributed by atoms with Crippen molar-refractivity contribution in [2.45, 2.75) is 38.0 Å². The lowest BCUT2D eigenvalue weighted by Gasteiger charge is -2.26. The summed E-state index contributed by atoms with van der Waals surface area (Å²) in [5.74, 6) is 3.11. The Morgan fingerprint density at radius 1 is 1.03 bits per heavy atom. The van der Waals surface area contributed by atoms with Gasteiger partial charge >= 0.3 is 0 Å². The molecule has 5 nitrogen and oxygen atoms in total. The number of ether oxygens (including phenoxy) is 2. The SMILES string of the molecule is COc1ccc(CSCC(=O)NCCCOc2cccc(CN3CCCCC3)c2)cc1. The van der Waals surface area contributed by atoms with Gasteiger partial charge in [0.15, 0.2) is 0 Å². The standard InChI is InChI=1S/C25H34N2O3S/c1-29-23-11-9-21(10-12-23)19-31-20-25(28)26-13-6-16-30-24-8-5-7-22(17-24)18-27-14-3-2-4-15-27/h5,7-12,17H,2-4,6,13-16,18-20H2,1H3,(H,26,28). The Hall–Kier alpha value is -2.18. The molecule has 1 fully saturated rings. The fraction of sp³-hybridized carbons (Fsp3) is 0.480. The first-order chi connectivity index (χ1) is 15.2. The van der Waals surface area contributed by atoms with Crippen LogP contribution in [0, 0.1) is 0 Å². The average molecular weight is 443 g/mol. The summed E-state index contributed by atoms with van der Waals surface area (Å²) in [5, 5.41) is 2.97. The average Bonchev–Trinajstić information content (AvgIpc) is 2.80. The minimum absolute atomic E-state index is 0.0713. The summed E-state index contributed by atoms with van der Waals surface area (Å²) in [4.78, 5) is 14.5. The molecule has 1 saturated heterocycles. The number of nitrogens with zero attached hydrogens (tertiary/aromatic N) is 1. The van der Waals surface area contributed by atoms with Crippen LogP contribution in [0.1, 0.15) is 36.8 Å². The number of rotatable bonds is 12. The molecule has 2 aromatic carbocycles. The third-order valence-electron chi connectivity index (χ3n) is 5.33. The molecule has 3 rings (SSSR count). The lowest BCUT2D eigenvalue weighted by Crippen LogP contribution is -2.29. The van der Waals surface area contributed by atoms with Crippen LogP contribution in [-0.2, 0) is 17.1 Å². The maximum Gasteiger partial charge on any atom is 0.230 e. The van der Waals surface area contributed by atoms with E-state index in [0.717, 1.165) is 30.2 Å². The van der Waals surface area contributed by atoms with Crippen molar-refractivity contribution >= 4 is 17.7 Å². The minimum Gasteiger partial charge on any atom is -0.497 e. The van der Waals surface area contributed by atoms with Gasteiger partial charge in [-0.15, -0.1) is 11.8 Å². The molecule has 31 heavy (non-hydrogen) atoms. The van der Waals surface area contributed by atoms with Crippen LogP contribution in [0.4, 0.5) is 0 Å². The van der Waals surface area contributed by atoms with E-state index in [4.69, 9.17) is 9.47 Å². The Bertz CT molecular complexity index is 792. The van der Waals surface area contributed by atoms with Gasteiger partial charge in [-0.1, -0.05) is 30.7 Å². The predicted octanol–water partition coefficient (Wildman–Crippen LogP) is 4.50. The van der Waals surface area contributed by atoms with Gasteiger partial charge in [0.2, 0.25) is 5.91 Å². The van der Waals surface area contributed by atoms with Gasteiger partial charge in [-0.3, -0.25) is 9.69 Å². The van der Waals surface area contributed by atoms with Crippen LogP contribution in [0.5, 0.6) is 11.5 Å². The monoisotopic (exact) mass is 442 g/mol. The molecule has 1 aliphatic heterocycles. The number of thioether (sulfide) groups is 1. The van der Waals surface area contributed by atoms with Crippen molar-refractivity contribution in [2.24, 2.45) is 0 Å². The van der Waals surface area contributed by atoms with Crippen LogP contribution < -0.4 is 14.8 Å². The number of piperidine rings is 1. The molecule has 1 aliphatic rings. The van der Waals surface area contributed by atoms with Crippen molar-refractivity contribution in [3.8, 4) is 11.5 Å². The Morgan fingerprint density at radius 2 is 1.84 bits per heavy atom. The zero-order valence-electron chi connectivity index (χ0n) is 18.5. The van der Waals surface area contributed by atoms with E-state index in [0.29, 0.717) is 18.9 Å². The van der Waals surface area contributed by atoms with Crippen molar-refractivity contribution < 1.29 is 14.3 Å². The van der Waals surface area contributed by atoms with E-state index in [2.05, 4.69) is 28.4 Å². The molecule has 0 atom stereocenters. The topological polar surface area (TPSA) is 50.8 Å². The number of carbonyl (C=O) groups is 1. The largest absolute Gasteiger partial charge is 0.497 e. The molecule has 0 radical (unpaired) electrons. The molecule has 0 aliphatic carbocycles. The van der Waals surface area contributed by atoms with E-state index in [1.54, 1.807) is 18.9 Å². The highest BCUT2D eigenvalue weighted by molar-refractivity contribution is 7.99. The summed E-state index contributed by atoms with van der Waals surface area (Å²) < 4.78 is 11.0. The van der Waals surface area contributed by atoms with E-state index in [9.17, 15) is 4.79 Å². The Kier molecular flexibility index (Phi) is 10.1. The van der Waals surface area contributed by atoms with Gasteiger partial charge in [-0.2, -0.15) is 0 Å². The number of benzene rings is 2. The van der Waals surface area contributed by atoms with Crippen LogP contribution >= 0.6 is 11.8 Å². The van der Waals surface area contributed by atoms with Crippen LogP contribution in [0.3, 0.4) is 0 Å². The second-order valence-electron chi connectivity index (χ2n) is 7.88. The third-order valence-corrected chi connectivity index (χ3v) is 6.33. The Labute approximate surface area is 190 Å². The highest BCUT2D eigenvalue weighted by atomic mass is 32.2. The highest BCUT2D eigenvalue weighted by Gasteiger charge is 2.10. The number of hydrogen-bond acceptors (Lipinski definition) is 5. The van der Waals surface area contributed by atoms with Crippen molar-refractivity contribution in [2.75, 3.05) is 39.1 Å². The number of nitrogens with one attached hydrogen (secondary N) is 1. The lowest BCUT2D eigenvalue weighted by molar-refractivity contribution is -0.118. The van der Waals surface area contributed by atoms with Crippen molar-refractivity contribution in [3.05, 3.63) is 59.7 Å². The third kappa shape index (κ3) is 8.83. The molecule has 1 N–H and O–H groups in total. The van der Waals surface area contributed by atoms with Gasteiger partial charge in [0, 0.05) is 18.8 Å². The maximum absolute atomic E-state index is 12.0. The van der Waals surface area contributed by atoms with Crippen molar-refractivity contribution in [1.82, 2.24) is 10.2 Å². The fourth-order valence-corrected chi connectivity index (χ4v) is 4.45. The van der Waals surface area contributed by atoms with Crippen molar-refractivity contribution in [3.63, 3.8) is 0 Å². The molecule has 0 bridgehead atoms. The minimum atomic E-state index is 0.0713. The molecule has 2 aromatic rings. The smallest absolute Gasteiger partial charge is 0.230 e. The van der Waals surface area contributed by atoms with Crippen LogP contribution in [0.15, 0.2) is 48.5 Å². The molecule has 168 valence electrons. The summed E-state index contributed by atoms with van der Waals surface area (Å²) in [6, 6.07) is 16.3. The van der Waals surface area contributed by atoms with Crippen LogP contribution in [-0.4, -0.2) is 49.9 Å². The molecule has 0 aromatic heterocycles. The Morgan fingerprint density at radius 3 is 2.61 bits per heavy atom. The fourth-order valence-electron chi connectivity index (χ4n) is 3.63. The number of hydrogen-bond donors (Lipinski definition) is 1. The Balaban J connectivity index is 1.25. The molecular weight excluding hydrogens is 408 g/mol. The summed E-state index contributed by atoms with van der Waals surface area (Å²) in [5.41, 5.74) is 2.50. The number of methoxy groups -OCH3 is 1. The van der Waals surface area contributed by atoms with Gasteiger partial charge in [0.05, 0.1) is 19.5 Å². The molecule has 1 heterocycles. The van der Waals surface area contributed by atoms with E-state index in [-0.39, 0.29) is 5.91 Å². The zero-order valence-corrected chi connectivity index (χ0v) is 19.3. The van der Waals surface area contributed by atoms with Crippen LogP contribution in [0.25, 0.3) is 0 Å². The normalized spacial score (nSPS) is 14.2. The molecular formula is C25H34N2O3S. The molecule has 0 saturated carbocycles. The number of amides is 1. The summed E-state index contributed by atoms with van der Waals surface area (Å²) in [6.07, 6.45) is 4.77. The number of likely N-dealkylation sites (tertiary alicyclic amines) is 1. The van der Waals surface area contributed by atoms with Gasteiger partial charge in [-0.25, -0.2) is 0 Å². The van der Waals surface area contributed by atoms with E-state index in [1.807, 2.05) is 30.3 Å². The quantitative estimate of drug-likeness (QED) is 0.491. The van der Waals surface area contributed by atoms with Crippen LogP contribution in [0.2, 0.25) is 0 Å². The molecule has 0 unspecified atom stereocenters. The van der Waals surface area contributed by atoms with Crippen molar-refractivity contribution in [1.29, 1.82) is 0 Å². The first-order valence-corrected chi connectivity index (χ1v) is 12.3. The zero-order chi connectivity index (χ0) is 21.7.